The molecule has 0 bridgehead atoms. The number of carbonyl (C=O) groups is 1. The standard InChI is InChI=1S/C21H36N2O3/c1-2-3-4-5-6-7-8-9-10-11-21(26)23-18-14-12-17(13-15-18)19(24)16-20(22)25/h12-15,19-20,24-25H,2-11,16,22H2,1H3,(H,23,26). The fourth-order valence-corrected chi connectivity index (χ4v) is 2.97. The van der Waals surface area contributed by atoms with E-state index in [-0.39, 0.29) is 12.3 Å². The number of carbonyl (C=O) groups excluding carboxylic acids is 1. The Labute approximate surface area is 158 Å². The van der Waals surface area contributed by atoms with E-state index in [2.05, 4.69) is 12.2 Å². The number of amides is 1. The highest BCUT2D eigenvalue weighted by molar-refractivity contribution is 5.90. The Hall–Kier alpha value is -1.43. The first kappa shape index (κ1) is 22.6. The van der Waals surface area contributed by atoms with Gasteiger partial charge in [0, 0.05) is 18.5 Å². The Balaban J connectivity index is 2.15. The molecule has 5 N–H and O–H groups in total. The zero-order valence-electron chi connectivity index (χ0n) is 16.1. The van der Waals surface area contributed by atoms with Gasteiger partial charge >= 0.3 is 0 Å². The van der Waals surface area contributed by atoms with Gasteiger partial charge in [-0.3, -0.25) is 4.79 Å². The number of hydrogen-bond donors (Lipinski definition) is 4. The van der Waals surface area contributed by atoms with Crippen molar-refractivity contribution in [3.05, 3.63) is 29.8 Å². The Morgan fingerprint density at radius 3 is 2.04 bits per heavy atom. The molecule has 2 unspecified atom stereocenters. The summed E-state index contributed by atoms with van der Waals surface area (Å²) >= 11 is 0. The second kappa shape index (κ2) is 13.7. The Bertz CT molecular complexity index is 489. The topological polar surface area (TPSA) is 95.6 Å². The molecule has 2 atom stereocenters. The fraction of sp³-hybridized carbons (Fsp3) is 0.667. The van der Waals surface area contributed by atoms with Crippen molar-refractivity contribution in [3.63, 3.8) is 0 Å². The normalized spacial score (nSPS) is 13.4. The van der Waals surface area contributed by atoms with Gasteiger partial charge in [-0.1, -0.05) is 70.4 Å². The van der Waals surface area contributed by atoms with Crippen LogP contribution in [0.15, 0.2) is 24.3 Å². The van der Waals surface area contributed by atoms with Crippen LogP contribution in [0.1, 0.15) is 89.2 Å². The molecule has 0 aromatic heterocycles. The van der Waals surface area contributed by atoms with E-state index in [1.807, 2.05) is 0 Å². The van der Waals surface area contributed by atoms with Gasteiger partial charge in [0.15, 0.2) is 0 Å². The maximum Gasteiger partial charge on any atom is 0.224 e. The van der Waals surface area contributed by atoms with Crippen LogP contribution in [-0.2, 0) is 4.79 Å². The van der Waals surface area contributed by atoms with Gasteiger partial charge in [-0.2, -0.15) is 0 Å². The maximum atomic E-state index is 12.0. The maximum absolute atomic E-state index is 12.0. The summed E-state index contributed by atoms with van der Waals surface area (Å²) < 4.78 is 0. The molecule has 0 spiro atoms. The van der Waals surface area contributed by atoms with Crippen molar-refractivity contribution in [1.29, 1.82) is 0 Å². The lowest BCUT2D eigenvalue weighted by Crippen LogP contribution is -2.21. The second-order valence-corrected chi connectivity index (χ2v) is 7.07. The fourth-order valence-electron chi connectivity index (χ4n) is 2.97. The van der Waals surface area contributed by atoms with Gasteiger partial charge in [0.1, 0.15) is 6.23 Å². The van der Waals surface area contributed by atoms with E-state index < -0.39 is 12.3 Å². The highest BCUT2D eigenvalue weighted by Crippen LogP contribution is 2.20. The van der Waals surface area contributed by atoms with Crippen LogP contribution >= 0.6 is 0 Å². The van der Waals surface area contributed by atoms with Crippen LogP contribution in [0.4, 0.5) is 5.69 Å². The van der Waals surface area contributed by atoms with Crippen molar-refractivity contribution >= 4 is 11.6 Å². The van der Waals surface area contributed by atoms with E-state index in [9.17, 15) is 9.90 Å². The van der Waals surface area contributed by atoms with Gasteiger partial charge in [-0.05, 0) is 24.1 Å². The summed E-state index contributed by atoms with van der Waals surface area (Å²) in [6.07, 6.45) is 9.91. The Kier molecular flexibility index (Phi) is 11.9. The lowest BCUT2D eigenvalue weighted by Gasteiger charge is -2.13. The average Bonchev–Trinajstić information content (AvgIpc) is 2.60. The van der Waals surface area contributed by atoms with E-state index in [0.717, 1.165) is 18.5 Å². The minimum absolute atomic E-state index is 0.0265. The van der Waals surface area contributed by atoms with Crippen LogP contribution in [0, 0.1) is 0 Å². The van der Waals surface area contributed by atoms with Crippen LogP contribution in [0.2, 0.25) is 0 Å². The van der Waals surface area contributed by atoms with Crippen molar-refractivity contribution in [2.45, 2.75) is 89.9 Å². The number of unbranched alkanes of at least 4 members (excludes halogenated alkanes) is 8. The van der Waals surface area contributed by atoms with Gasteiger partial charge in [0.25, 0.3) is 0 Å². The first-order valence-corrected chi connectivity index (χ1v) is 10.0. The molecule has 1 aromatic rings. The third kappa shape index (κ3) is 10.5. The molecule has 148 valence electrons. The van der Waals surface area contributed by atoms with Crippen LogP contribution in [0.5, 0.6) is 0 Å². The van der Waals surface area contributed by atoms with Gasteiger partial charge < -0.3 is 21.3 Å². The van der Waals surface area contributed by atoms with E-state index in [1.54, 1.807) is 24.3 Å². The summed E-state index contributed by atoms with van der Waals surface area (Å²) in [7, 11) is 0. The number of rotatable bonds is 14. The molecule has 0 radical (unpaired) electrons. The summed E-state index contributed by atoms with van der Waals surface area (Å²) in [6.45, 7) is 2.23. The molecular weight excluding hydrogens is 328 g/mol. The predicted molar refractivity (Wildman–Crippen MR) is 107 cm³/mol. The molecule has 0 aliphatic carbocycles. The molecule has 26 heavy (non-hydrogen) atoms. The molecule has 0 aliphatic rings. The first-order chi connectivity index (χ1) is 12.5. The van der Waals surface area contributed by atoms with Gasteiger partial charge in [0.05, 0.1) is 6.10 Å². The molecule has 0 saturated heterocycles. The van der Waals surface area contributed by atoms with E-state index in [0.29, 0.717) is 12.0 Å². The molecule has 0 heterocycles. The van der Waals surface area contributed by atoms with Crippen LogP contribution in [-0.4, -0.2) is 22.3 Å². The highest BCUT2D eigenvalue weighted by Gasteiger charge is 2.11. The summed E-state index contributed by atoms with van der Waals surface area (Å²) in [5.41, 5.74) is 6.66. The zero-order chi connectivity index (χ0) is 19.2. The highest BCUT2D eigenvalue weighted by atomic mass is 16.3. The average molecular weight is 365 g/mol. The lowest BCUT2D eigenvalue weighted by molar-refractivity contribution is -0.116. The largest absolute Gasteiger partial charge is 0.388 e. The third-order valence-electron chi connectivity index (χ3n) is 4.55. The third-order valence-corrected chi connectivity index (χ3v) is 4.55. The number of aliphatic hydroxyl groups is 2. The van der Waals surface area contributed by atoms with E-state index >= 15 is 0 Å². The van der Waals surface area contributed by atoms with Crippen molar-refractivity contribution < 1.29 is 15.0 Å². The number of benzene rings is 1. The summed E-state index contributed by atoms with van der Waals surface area (Å²) in [5, 5.41) is 21.9. The minimum Gasteiger partial charge on any atom is -0.388 e. The molecule has 1 amide bonds. The minimum atomic E-state index is -1.04. The van der Waals surface area contributed by atoms with Crippen LogP contribution in [0.25, 0.3) is 0 Å². The van der Waals surface area contributed by atoms with Gasteiger partial charge in [0.2, 0.25) is 5.91 Å². The summed E-state index contributed by atoms with van der Waals surface area (Å²) in [6, 6.07) is 6.99. The smallest absolute Gasteiger partial charge is 0.224 e. The summed E-state index contributed by atoms with van der Waals surface area (Å²) in [4.78, 5) is 12.0. The molecule has 1 rings (SSSR count). The van der Waals surface area contributed by atoms with Crippen molar-refractivity contribution in [2.75, 3.05) is 5.32 Å². The molecular formula is C21H36N2O3. The molecule has 5 heteroatoms. The lowest BCUT2D eigenvalue weighted by atomic mass is 10.1. The quantitative estimate of drug-likeness (QED) is 0.293. The second-order valence-electron chi connectivity index (χ2n) is 7.07. The van der Waals surface area contributed by atoms with Crippen molar-refractivity contribution in [2.24, 2.45) is 5.73 Å². The molecule has 1 aromatic carbocycles. The van der Waals surface area contributed by atoms with E-state index in [4.69, 9.17) is 10.8 Å². The van der Waals surface area contributed by atoms with Gasteiger partial charge in [-0.15, -0.1) is 0 Å². The molecule has 0 saturated carbocycles. The number of hydrogen-bond acceptors (Lipinski definition) is 4. The number of nitrogens with one attached hydrogen (secondary N) is 1. The first-order valence-electron chi connectivity index (χ1n) is 10.0. The SMILES string of the molecule is CCCCCCCCCCCC(=O)Nc1ccc(C(O)CC(N)O)cc1. The van der Waals surface area contributed by atoms with E-state index in [1.165, 1.54) is 44.9 Å². The molecule has 0 aliphatic heterocycles. The molecule has 0 fully saturated rings. The number of anilines is 1. The van der Waals surface area contributed by atoms with Crippen LogP contribution in [0.3, 0.4) is 0 Å². The monoisotopic (exact) mass is 364 g/mol. The molecule has 5 nitrogen and oxygen atoms in total. The number of nitrogens with two attached hydrogens (primary N) is 1. The van der Waals surface area contributed by atoms with Crippen molar-refractivity contribution in [3.8, 4) is 0 Å². The Morgan fingerprint density at radius 1 is 0.962 bits per heavy atom. The number of aliphatic hydroxyl groups excluding tert-OH is 2. The van der Waals surface area contributed by atoms with Gasteiger partial charge in [-0.25, -0.2) is 0 Å². The zero-order valence-corrected chi connectivity index (χ0v) is 16.1. The Morgan fingerprint density at radius 2 is 1.50 bits per heavy atom. The predicted octanol–water partition coefficient (Wildman–Crippen LogP) is 4.25. The van der Waals surface area contributed by atoms with Crippen molar-refractivity contribution in [1.82, 2.24) is 0 Å². The summed E-state index contributed by atoms with van der Waals surface area (Å²) in [5.74, 6) is 0.0265. The van der Waals surface area contributed by atoms with Crippen LogP contribution < -0.4 is 11.1 Å².